The van der Waals surface area contributed by atoms with Gasteiger partial charge in [0.05, 0.1) is 36.3 Å². The van der Waals surface area contributed by atoms with Crippen LogP contribution in [0.25, 0.3) is 0 Å². The molecule has 0 aliphatic carbocycles. The maximum Gasteiger partial charge on any atom is 0.241 e. The molecule has 5 nitrogen and oxygen atoms in total. The second-order valence-corrected chi connectivity index (χ2v) is 5.81. The van der Waals surface area contributed by atoms with Gasteiger partial charge in [0.25, 0.3) is 0 Å². The molecule has 2 fully saturated rings. The Morgan fingerprint density at radius 1 is 1.24 bits per heavy atom. The predicted molar refractivity (Wildman–Crippen MR) is 74.9 cm³/mol. The Bertz CT molecular complexity index is 683. The molecule has 4 atom stereocenters. The van der Waals surface area contributed by atoms with Crippen LogP contribution in [0.4, 0.5) is 5.69 Å². The van der Waals surface area contributed by atoms with Crippen LogP contribution >= 0.6 is 0 Å². The van der Waals surface area contributed by atoms with Crippen molar-refractivity contribution in [3.63, 3.8) is 0 Å². The quantitative estimate of drug-likeness (QED) is 0.611. The average molecular weight is 285 g/mol. The Morgan fingerprint density at radius 2 is 2.00 bits per heavy atom. The molecule has 0 radical (unpaired) electrons. The van der Waals surface area contributed by atoms with Gasteiger partial charge >= 0.3 is 0 Å². The molecule has 3 aliphatic heterocycles. The number of fused-ring (bicyclic) bond motifs is 5. The molecule has 21 heavy (non-hydrogen) atoms. The van der Waals surface area contributed by atoms with Crippen molar-refractivity contribution in [3.05, 3.63) is 36.4 Å². The molecule has 5 heteroatoms. The maximum atomic E-state index is 12.8. The van der Waals surface area contributed by atoms with Crippen LogP contribution in [-0.4, -0.2) is 30.6 Å². The van der Waals surface area contributed by atoms with Gasteiger partial charge in [-0.25, -0.2) is 4.90 Å². The minimum atomic E-state index is -0.668. The van der Waals surface area contributed by atoms with Gasteiger partial charge in [0.15, 0.2) is 0 Å². The summed E-state index contributed by atoms with van der Waals surface area (Å²) >= 11 is 0. The molecular weight excluding hydrogens is 270 g/mol. The van der Waals surface area contributed by atoms with Crippen LogP contribution in [0.3, 0.4) is 0 Å². The molecular formula is C16H15NO4. The summed E-state index contributed by atoms with van der Waals surface area (Å²) in [4.78, 5) is 26.8. The van der Waals surface area contributed by atoms with Gasteiger partial charge in [0, 0.05) is 0 Å². The van der Waals surface area contributed by atoms with E-state index in [2.05, 4.69) is 0 Å². The number of methoxy groups -OCH3 is 1. The average Bonchev–Trinajstić information content (AvgIpc) is 3.08. The summed E-state index contributed by atoms with van der Waals surface area (Å²) < 4.78 is 11.1. The molecule has 0 spiro atoms. The number of hydrogen-bond donors (Lipinski definition) is 0. The highest BCUT2D eigenvalue weighted by Gasteiger charge is 2.66. The van der Waals surface area contributed by atoms with E-state index < -0.39 is 17.4 Å². The van der Waals surface area contributed by atoms with Gasteiger partial charge in [0.2, 0.25) is 11.8 Å². The number of carbonyl (C=O) groups excluding carboxylic acids is 2. The topological polar surface area (TPSA) is 55.8 Å². The Morgan fingerprint density at radius 3 is 2.71 bits per heavy atom. The zero-order valence-corrected chi connectivity index (χ0v) is 11.8. The lowest BCUT2D eigenvalue weighted by Gasteiger charge is -2.24. The molecule has 3 heterocycles. The van der Waals surface area contributed by atoms with E-state index in [4.69, 9.17) is 9.47 Å². The van der Waals surface area contributed by atoms with Gasteiger partial charge in [0.1, 0.15) is 5.75 Å². The number of hydrogen-bond acceptors (Lipinski definition) is 4. The molecule has 1 aromatic rings. The first-order chi connectivity index (χ1) is 10.1. The van der Waals surface area contributed by atoms with Crippen LogP contribution in [0.2, 0.25) is 0 Å². The van der Waals surface area contributed by atoms with Crippen molar-refractivity contribution in [2.24, 2.45) is 11.8 Å². The lowest BCUT2D eigenvalue weighted by Crippen LogP contribution is -2.38. The molecule has 2 bridgehead atoms. The standard InChI is InChI=1S/C16H15NO4/c1-16-8-7-11(21-16)12-13(16)15(19)17(14(12)18)9-5-3-4-6-10(9)20-2/h3-8,11-13H,1-2H3/t11-,12+,13+,16+/m0/s1. The number of nitrogens with zero attached hydrogens (tertiary/aromatic N) is 1. The van der Waals surface area contributed by atoms with E-state index in [0.717, 1.165) is 0 Å². The predicted octanol–water partition coefficient (Wildman–Crippen LogP) is 1.53. The van der Waals surface area contributed by atoms with Crippen molar-refractivity contribution < 1.29 is 19.1 Å². The number of amides is 2. The summed E-state index contributed by atoms with van der Waals surface area (Å²) in [5.74, 6) is -0.746. The van der Waals surface area contributed by atoms with Crippen LogP contribution in [-0.2, 0) is 14.3 Å². The summed E-state index contributed by atoms with van der Waals surface area (Å²) in [6.07, 6.45) is 3.49. The van der Waals surface area contributed by atoms with Gasteiger partial charge in [-0.2, -0.15) is 0 Å². The molecule has 0 N–H and O–H groups in total. The van der Waals surface area contributed by atoms with Gasteiger partial charge in [-0.3, -0.25) is 9.59 Å². The second kappa shape index (κ2) is 3.95. The van der Waals surface area contributed by atoms with E-state index in [1.54, 1.807) is 18.2 Å². The summed E-state index contributed by atoms with van der Waals surface area (Å²) in [5, 5.41) is 0. The summed E-state index contributed by atoms with van der Waals surface area (Å²) in [6.45, 7) is 1.87. The molecule has 0 saturated carbocycles. The zero-order valence-electron chi connectivity index (χ0n) is 11.8. The summed E-state index contributed by atoms with van der Waals surface area (Å²) in [5.41, 5.74) is -0.161. The fourth-order valence-electron chi connectivity index (χ4n) is 3.70. The normalized spacial score (nSPS) is 36.5. The van der Waals surface area contributed by atoms with E-state index in [0.29, 0.717) is 11.4 Å². The van der Waals surface area contributed by atoms with Crippen molar-refractivity contribution in [1.82, 2.24) is 0 Å². The minimum absolute atomic E-state index is 0.201. The third-order valence-electron chi connectivity index (χ3n) is 4.66. The van der Waals surface area contributed by atoms with Gasteiger partial charge in [-0.15, -0.1) is 0 Å². The van der Waals surface area contributed by atoms with E-state index >= 15 is 0 Å². The maximum absolute atomic E-state index is 12.8. The van der Waals surface area contributed by atoms with E-state index in [1.165, 1.54) is 12.0 Å². The van der Waals surface area contributed by atoms with Gasteiger partial charge in [-0.05, 0) is 19.1 Å². The van der Waals surface area contributed by atoms with Crippen LogP contribution in [0.5, 0.6) is 5.75 Å². The number of benzene rings is 1. The lowest BCUT2D eigenvalue weighted by molar-refractivity contribution is -0.126. The molecule has 0 unspecified atom stereocenters. The lowest BCUT2D eigenvalue weighted by atomic mass is 9.78. The van der Waals surface area contributed by atoms with Gasteiger partial charge in [-0.1, -0.05) is 24.3 Å². The summed E-state index contributed by atoms with van der Waals surface area (Å²) in [7, 11) is 1.53. The Kier molecular flexibility index (Phi) is 2.37. The van der Waals surface area contributed by atoms with Crippen LogP contribution in [0.15, 0.2) is 36.4 Å². The zero-order chi connectivity index (χ0) is 14.8. The summed E-state index contributed by atoms with van der Waals surface area (Å²) in [6, 6.07) is 7.07. The number of carbonyl (C=O) groups is 2. The fraction of sp³-hybridized carbons (Fsp3) is 0.375. The Balaban J connectivity index is 1.80. The number of anilines is 1. The molecule has 0 aromatic heterocycles. The number of rotatable bonds is 2. The smallest absolute Gasteiger partial charge is 0.241 e. The van der Waals surface area contributed by atoms with Crippen LogP contribution in [0.1, 0.15) is 6.92 Å². The Hall–Kier alpha value is -2.14. The van der Waals surface area contributed by atoms with Crippen molar-refractivity contribution in [3.8, 4) is 5.75 Å². The highest BCUT2D eigenvalue weighted by atomic mass is 16.5. The first-order valence-electron chi connectivity index (χ1n) is 6.95. The molecule has 3 aliphatic rings. The molecule has 1 aromatic carbocycles. The van der Waals surface area contributed by atoms with Crippen molar-refractivity contribution >= 4 is 17.5 Å². The fourth-order valence-corrected chi connectivity index (χ4v) is 3.70. The number of ether oxygens (including phenoxy) is 2. The Labute approximate surface area is 122 Å². The minimum Gasteiger partial charge on any atom is -0.495 e. The van der Waals surface area contributed by atoms with E-state index in [-0.39, 0.29) is 17.9 Å². The second-order valence-electron chi connectivity index (χ2n) is 5.81. The first kappa shape index (κ1) is 12.6. The first-order valence-corrected chi connectivity index (χ1v) is 6.95. The SMILES string of the molecule is COc1ccccc1N1C(=O)[C@@H]2[C@@H]3C=C[C@@](C)(O3)[C@H]2C1=O. The van der Waals surface area contributed by atoms with Crippen LogP contribution < -0.4 is 9.64 Å². The molecule has 4 rings (SSSR count). The third-order valence-corrected chi connectivity index (χ3v) is 4.66. The largest absolute Gasteiger partial charge is 0.495 e. The van der Waals surface area contributed by atoms with E-state index in [1.807, 2.05) is 25.1 Å². The molecule has 2 saturated heterocycles. The van der Waals surface area contributed by atoms with Crippen LogP contribution in [0, 0.1) is 11.8 Å². The molecule has 2 amide bonds. The third kappa shape index (κ3) is 1.44. The van der Waals surface area contributed by atoms with Crippen molar-refractivity contribution in [2.75, 3.05) is 12.0 Å². The monoisotopic (exact) mass is 285 g/mol. The van der Waals surface area contributed by atoms with Crippen molar-refractivity contribution in [2.45, 2.75) is 18.6 Å². The van der Waals surface area contributed by atoms with Gasteiger partial charge < -0.3 is 9.47 Å². The molecule has 108 valence electrons. The van der Waals surface area contributed by atoms with E-state index in [9.17, 15) is 9.59 Å². The number of imide groups is 1. The number of para-hydroxylation sites is 2. The highest BCUT2D eigenvalue weighted by Crippen LogP contribution is 2.52. The highest BCUT2D eigenvalue weighted by molar-refractivity contribution is 6.23. The van der Waals surface area contributed by atoms with Crippen molar-refractivity contribution in [1.29, 1.82) is 0 Å².